The molecule has 7 aliphatic rings. The van der Waals surface area contributed by atoms with Gasteiger partial charge in [-0.1, -0.05) is 83.2 Å². The number of esters is 1. The fourth-order valence-corrected chi connectivity index (χ4v) is 13.3. The number of Topliss-reactive ketones (excluding diaryl/α,β-unsaturated/α-hetero) is 2. The Labute approximate surface area is 470 Å². The molecular weight excluding hydrogens is 1140 g/mol. The van der Waals surface area contributed by atoms with Crippen molar-refractivity contribution < 1.29 is 67.0 Å². The Morgan fingerprint density at radius 3 is 2.21 bits per heavy atom. The lowest BCUT2D eigenvalue weighted by Gasteiger charge is -2.42. The SMILES string of the molecule is CO[C@H]1/C=C/O[C@@]2(C)Oc3c(C)c(O)c4c(c3C2=O)C2=NC3(CCN(CC(C)I)CC3)NC2=C(NC(O)(C(C)C)C[C@H](C)[C@H](O)[C@@H](C)[C@@H](O)[C@@H](C)[C@H](OC(=O)CC(=O)N2CCN(c3ccccc3S(N)(=O)=O)CC2)[C@@H]1C)C4=O. The minimum absolute atomic E-state index is 0.00164. The van der Waals surface area contributed by atoms with Crippen molar-refractivity contribution in [1.29, 1.82) is 0 Å². The van der Waals surface area contributed by atoms with Gasteiger partial charge in [0.15, 0.2) is 0 Å². The second-order valence-corrected chi connectivity index (χ2v) is 26.3. The van der Waals surface area contributed by atoms with Crippen molar-refractivity contribution in [1.82, 2.24) is 20.4 Å². The van der Waals surface area contributed by atoms with Crippen molar-refractivity contribution in [2.24, 2.45) is 39.7 Å². The molecule has 6 aliphatic heterocycles. The molecule has 2 unspecified atom stereocenters. The van der Waals surface area contributed by atoms with Crippen LogP contribution in [0.2, 0.25) is 0 Å². The summed E-state index contributed by atoms with van der Waals surface area (Å²) in [5.74, 6) is -9.26. The number of rotatable bonds is 9. The zero-order valence-electron chi connectivity index (χ0n) is 46.0. The number of sulfonamides is 1. The molecule has 1 amide bonds. The molecule has 78 heavy (non-hydrogen) atoms. The number of piperidine rings is 1. The van der Waals surface area contributed by atoms with Crippen molar-refractivity contribution in [3.63, 3.8) is 0 Å². The van der Waals surface area contributed by atoms with Gasteiger partial charge in [0.1, 0.15) is 46.0 Å². The predicted octanol–water partition coefficient (Wildman–Crippen LogP) is 3.86. The van der Waals surface area contributed by atoms with Crippen LogP contribution in [0.1, 0.15) is 113 Å². The molecule has 1 aliphatic carbocycles. The summed E-state index contributed by atoms with van der Waals surface area (Å²) in [4.78, 5) is 68.9. The molecule has 2 aromatic rings. The molecule has 1 spiro atoms. The third-order valence-corrected chi connectivity index (χ3v) is 18.2. The minimum atomic E-state index is -4.03. The van der Waals surface area contributed by atoms with Crippen LogP contribution in [0.4, 0.5) is 5.69 Å². The van der Waals surface area contributed by atoms with E-state index in [0.29, 0.717) is 35.5 Å². The van der Waals surface area contributed by atoms with E-state index in [9.17, 15) is 38.4 Å². The van der Waals surface area contributed by atoms with Crippen molar-refractivity contribution in [3.8, 4) is 11.5 Å². The van der Waals surface area contributed by atoms with E-state index in [-0.39, 0.29) is 82.6 Å². The molecule has 0 radical (unpaired) electrons. The van der Waals surface area contributed by atoms with Crippen LogP contribution in [0.15, 0.2) is 57.9 Å². The Kier molecular flexibility index (Phi) is 17.1. The number of aliphatic hydroxyl groups is 3. The summed E-state index contributed by atoms with van der Waals surface area (Å²) in [5, 5.41) is 61.5. The lowest BCUT2D eigenvalue weighted by Crippen LogP contribution is -2.55. The van der Waals surface area contributed by atoms with Gasteiger partial charge in [-0.3, -0.25) is 24.2 Å². The average molecular weight is 1220 g/mol. The van der Waals surface area contributed by atoms with Crippen molar-refractivity contribution in [3.05, 3.63) is 70.3 Å². The van der Waals surface area contributed by atoms with Crippen LogP contribution < -0.4 is 25.4 Å². The van der Waals surface area contributed by atoms with Gasteiger partial charge in [-0.05, 0) is 31.1 Å². The van der Waals surface area contributed by atoms with Crippen molar-refractivity contribution in [2.45, 2.75) is 138 Å². The number of aliphatic imine (C=N–C) groups is 1. The Balaban J connectivity index is 1.13. The summed E-state index contributed by atoms with van der Waals surface area (Å²) in [5.41, 5.74) is -2.02. The van der Waals surface area contributed by atoms with Crippen LogP contribution in [-0.4, -0.2) is 166 Å². The molecule has 21 nitrogen and oxygen atoms in total. The number of fused-ring (bicyclic) bond motifs is 12. The zero-order valence-corrected chi connectivity index (χ0v) is 49.0. The number of phenolic OH excluding ortho intramolecular Hbond substituents is 1. The van der Waals surface area contributed by atoms with Crippen molar-refractivity contribution in [2.75, 3.05) is 57.8 Å². The number of nitrogens with two attached hydrogens (primary N) is 1. The second kappa shape index (κ2) is 22.6. The number of para-hydroxylation sites is 1. The van der Waals surface area contributed by atoms with E-state index >= 15 is 9.59 Å². The molecule has 428 valence electrons. The summed E-state index contributed by atoms with van der Waals surface area (Å²) >= 11 is 2.40. The number of alkyl halides is 1. The van der Waals surface area contributed by atoms with Crippen LogP contribution in [0, 0.1) is 36.5 Å². The first-order valence-corrected chi connectivity index (χ1v) is 29.6. The third-order valence-electron chi connectivity index (χ3n) is 16.9. The number of primary sulfonamides is 1. The van der Waals surface area contributed by atoms with Gasteiger partial charge in [-0.15, -0.1) is 0 Å². The number of allylic oxidation sites excluding steroid dienone is 2. The van der Waals surface area contributed by atoms with Crippen LogP contribution >= 0.6 is 22.6 Å². The van der Waals surface area contributed by atoms with E-state index in [1.54, 1.807) is 64.6 Å². The van der Waals surface area contributed by atoms with Gasteiger partial charge >= 0.3 is 11.8 Å². The maximum atomic E-state index is 15.2. The lowest BCUT2D eigenvalue weighted by atomic mass is 9.76. The number of aliphatic hydroxyl groups excluding tert-OH is 2. The number of phenols is 1. The van der Waals surface area contributed by atoms with Gasteiger partial charge in [0.2, 0.25) is 21.7 Å². The van der Waals surface area contributed by atoms with Gasteiger partial charge < -0.3 is 64.7 Å². The summed E-state index contributed by atoms with van der Waals surface area (Å²) in [6, 6.07) is 6.32. The zero-order chi connectivity index (χ0) is 57.1. The van der Waals surface area contributed by atoms with Gasteiger partial charge in [-0.2, -0.15) is 0 Å². The number of anilines is 1. The molecule has 6 heterocycles. The fraction of sp³-hybridized carbons (Fsp3) is 0.618. The first-order valence-electron chi connectivity index (χ1n) is 26.8. The molecule has 9 rings (SSSR count). The monoisotopic (exact) mass is 1220 g/mol. The maximum absolute atomic E-state index is 15.2. The number of methoxy groups -OCH3 is 1. The van der Waals surface area contributed by atoms with Gasteiger partial charge in [0.25, 0.3) is 5.78 Å². The number of ketones is 2. The Morgan fingerprint density at radius 1 is 0.936 bits per heavy atom. The van der Waals surface area contributed by atoms with Gasteiger partial charge in [0.05, 0.1) is 52.8 Å². The molecule has 2 saturated heterocycles. The molecule has 11 atom stereocenters. The number of halogens is 1. The molecule has 2 fully saturated rings. The highest BCUT2D eigenvalue weighted by molar-refractivity contribution is 14.1. The average Bonchev–Trinajstić information content (AvgIpc) is 3.92. The highest BCUT2D eigenvalue weighted by Crippen LogP contribution is 2.51. The molecule has 23 heteroatoms. The number of benzene rings is 2. The number of carbonyl (C=O) groups is 4. The predicted molar refractivity (Wildman–Crippen MR) is 297 cm³/mol. The summed E-state index contributed by atoms with van der Waals surface area (Å²) in [6.45, 7) is 18.5. The molecule has 5 bridgehead atoms. The topological polar surface area (TPSA) is 292 Å². The normalized spacial score (nSPS) is 31.5. The van der Waals surface area contributed by atoms with E-state index in [4.69, 9.17) is 29.1 Å². The number of likely N-dealkylation sites (tertiary alicyclic amines) is 1. The van der Waals surface area contributed by atoms with E-state index in [0.717, 1.165) is 6.54 Å². The molecule has 0 saturated carbocycles. The smallest absolute Gasteiger partial charge is 0.315 e. The molecule has 8 N–H and O–H groups in total. The van der Waals surface area contributed by atoms with E-state index in [1.165, 1.54) is 44.3 Å². The third kappa shape index (κ3) is 11.3. The summed E-state index contributed by atoms with van der Waals surface area (Å²) < 4.78 is 49.7. The largest absolute Gasteiger partial charge is 0.507 e. The highest BCUT2D eigenvalue weighted by atomic mass is 127. The second-order valence-electron chi connectivity index (χ2n) is 22.7. The number of ether oxygens (including phenoxy) is 4. The number of carbonyl (C=O) groups excluding carboxylic acids is 4. The standard InChI is InChI=1S/C55H76IN7O14S/c1-28(2)55(71)26-29(3)46(66)32(6)47(67)33(7)50(76-39(65)25-38(64)63-22-20-62(21-23-63)35-13-11-12-14-37(35)78(57,72)73)31(5)36(74-10)15-24-75-53(9)52(70)42-40-41(48(68)34(8)51(42)77-53)49(69)45(60-55)44-43(40)58-54(59-44)16-18-61(19-17-54)27-30(4)56/h11-15,24,28-33,36,46-47,50,59-60,66-68,71H,16-23,25-27H2,1-10H3,(H2,57,72,73)/b24-15+/t29-,30?,31+,32+,33+,36-,46-,47+,50+,53-,55?/m0/s1. The molecule has 0 aromatic heterocycles. The van der Waals surface area contributed by atoms with Crippen LogP contribution in [0.5, 0.6) is 11.5 Å². The number of aromatic hydroxyl groups is 1. The number of amides is 1. The van der Waals surface area contributed by atoms with Crippen LogP contribution in [0.25, 0.3) is 0 Å². The summed E-state index contributed by atoms with van der Waals surface area (Å²) in [7, 11) is -2.61. The number of piperazine rings is 1. The number of nitrogens with zero attached hydrogens (tertiary/aromatic N) is 4. The van der Waals surface area contributed by atoms with Crippen LogP contribution in [-0.2, 0) is 33.8 Å². The fourth-order valence-electron chi connectivity index (χ4n) is 12.0. The maximum Gasteiger partial charge on any atom is 0.315 e. The van der Waals surface area contributed by atoms with Crippen LogP contribution in [0.3, 0.4) is 0 Å². The van der Waals surface area contributed by atoms with E-state index in [1.807, 2.05) is 0 Å². The first-order chi connectivity index (χ1) is 36.5. The Hall–Kier alpha value is -4.89. The van der Waals surface area contributed by atoms with Gasteiger partial charge in [0, 0.05) is 118 Å². The molecular formula is C55H76IN7O14S. The summed E-state index contributed by atoms with van der Waals surface area (Å²) in [6.07, 6.45) is -1.75. The Morgan fingerprint density at radius 2 is 1.59 bits per heavy atom. The number of nitrogens with one attached hydrogen (secondary N) is 2. The lowest BCUT2D eigenvalue weighted by molar-refractivity contribution is -0.166. The first kappa shape index (κ1) is 59.2. The highest BCUT2D eigenvalue weighted by Gasteiger charge is 2.55. The quantitative estimate of drug-likeness (QED) is 0.0812. The van der Waals surface area contributed by atoms with E-state index < -0.39 is 117 Å². The van der Waals surface area contributed by atoms with Crippen molar-refractivity contribution >= 4 is 67.5 Å². The number of hydrogen-bond acceptors (Lipinski definition) is 19. The minimum Gasteiger partial charge on any atom is -0.507 e. The Bertz CT molecular complexity index is 2900. The van der Waals surface area contributed by atoms with Gasteiger partial charge in [-0.25, -0.2) is 13.6 Å². The van der Waals surface area contributed by atoms with E-state index in [2.05, 4.69) is 45.0 Å². The number of hydrogen-bond donors (Lipinski definition) is 7. The molecule has 2 aromatic carbocycles.